The maximum atomic E-state index is 13.0. The van der Waals surface area contributed by atoms with E-state index in [-0.39, 0.29) is 0 Å². The molecule has 0 heterocycles. The van der Waals surface area contributed by atoms with Crippen molar-refractivity contribution in [2.75, 3.05) is 19.8 Å². The van der Waals surface area contributed by atoms with E-state index in [2.05, 4.69) is 4.74 Å². The molecule has 0 aliphatic carbocycles. The maximum absolute atomic E-state index is 13.0. The molecule has 140 valence electrons. The third-order valence-electron chi connectivity index (χ3n) is 2.41. The van der Waals surface area contributed by atoms with Crippen LogP contribution >= 0.6 is 0 Å². The molecule has 0 aliphatic rings. The summed E-state index contributed by atoms with van der Waals surface area (Å²) in [4.78, 5) is 0. The first kappa shape index (κ1) is 22.1. The van der Waals surface area contributed by atoms with Crippen LogP contribution in [0.15, 0.2) is 0 Å². The molecule has 1 unspecified atom stereocenters. The Balaban J connectivity index is 5.41. The highest BCUT2D eigenvalue weighted by Gasteiger charge is 2.87. The molecule has 0 saturated heterocycles. The van der Waals surface area contributed by atoms with Gasteiger partial charge in [-0.3, -0.25) is 0 Å². The molecule has 0 aliphatic heterocycles. The predicted molar refractivity (Wildman–Crippen MR) is 49.8 cm³/mol. The highest BCUT2D eigenvalue weighted by atomic mass is 19.4. The lowest BCUT2D eigenvalue weighted by molar-refractivity contribution is -0.424. The van der Waals surface area contributed by atoms with Crippen LogP contribution < -0.4 is 0 Å². The van der Waals surface area contributed by atoms with Gasteiger partial charge in [-0.1, -0.05) is 0 Å². The quantitative estimate of drug-likeness (QED) is 0.642. The third-order valence-corrected chi connectivity index (χ3v) is 2.41. The van der Waals surface area contributed by atoms with Crippen LogP contribution in [0, 0.1) is 0 Å². The largest absolute Gasteiger partial charge is 0.460 e. The summed E-state index contributed by atoms with van der Waals surface area (Å²) in [6.07, 6.45) is -9.11. The Kier molecular flexibility index (Phi) is 6.29. The fourth-order valence-electron chi connectivity index (χ4n) is 1.07. The summed E-state index contributed by atoms with van der Waals surface area (Å²) in [5.74, 6) is -28.2. The Labute approximate surface area is 120 Å². The highest BCUT2D eigenvalue weighted by molar-refractivity contribution is 5.06. The molecule has 1 atom stereocenters. The summed E-state index contributed by atoms with van der Waals surface area (Å²) >= 11 is 0. The fourth-order valence-corrected chi connectivity index (χ4v) is 1.07. The molecular formula is C9H9F11O3. The summed E-state index contributed by atoms with van der Waals surface area (Å²) in [6.45, 7) is -5.10. The molecule has 0 aromatic rings. The van der Waals surface area contributed by atoms with Crippen LogP contribution in [0.25, 0.3) is 0 Å². The van der Waals surface area contributed by atoms with Gasteiger partial charge in [-0.05, 0) is 0 Å². The van der Waals surface area contributed by atoms with E-state index in [0.29, 0.717) is 0 Å². The monoisotopic (exact) mass is 374 g/mol. The van der Waals surface area contributed by atoms with E-state index < -0.39 is 55.8 Å². The van der Waals surface area contributed by atoms with Crippen LogP contribution in [0.3, 0.4) is 0 Å². The second-order valence-corrected chi connectivity index (χ2v) is 4.28. The Bertz CT molecular complexity index is 393. The van der Waals surface area contributed by atoms with Crippen molar-refractivity contribution in [3.05, 3.63) is 0 Å². The standard InChI is InChI=1S/C9H9F11O3/c10-5(11,3-23-2-4(22)1-21)6(12,13)7(14,15)8(16,17)9(18,19)20/h4,21-22H,1-3H2. The number of rotatable bonds is 8. The minimum absolute atomic E-state index is 1.11. The van der Waals surface area contributed by atoms with Gasteiger partial charge < -0.3 is 14.9 Å². The van der Waals surface area contributed by atoms with Gasteiger partial charge in [0.05, 0.1) is 13.2 Å². The normalized spacial score (nSPS) is 16.6. The lowest BCUT2D eigenvalue weighted by Crippen LogP contribution is -2.67. The molecule has 0 fully saturated rings. The molecular weight excluding hydrogens is 365 g/mol. The number of aliphatic hydroxyl groups excluding tert-OH is 2. The summed E-state index contributed by atoms with van der Waals surface area (Å²) in [6, 6.07) is 0. The molecule has 0 saturated carbocycles. The van der Waals surface area contributed by atoms with Crippen molar-refractivity contribution in [2.24, 2.45) is 0 Å². The smallest absolute Gasteiger partial charge is 0.394 e. The highest BCUT2D eigenvalue weighted by Crippen LogP contribution is 2.57. The molecule has 0 rings (SSSR count). The van der Waals surface area contributed by atoms with E-state index in [4.69, 9.17) is 10.2 Å². The topological polar surface area (TPSA) is 49.7 Å². The first-order valence-electron chi connectivity index (χ1n) is 5.40. The van der Waals surface area contributed by atoms with E-state index >= 15 is 0 Å². The van der Waals surface area contributed by atoms with Crippen molar-refractivity contribution in [1.29, 1.82) is 0 Å². The van der Waals surface area contributed by atoms with Crippen molar-refractivity contribution in [1.82, 2.24) is 0 Å². The molecule has 0 bridgehead atoms. The number of hydrogen-bond acceptors (Lipinski definition) is 3. The third kappa shape index (κ3) is 3.96. The second kappa shape index (κ2) is 6.55. The Hall–Kier alpha value is -0.890. The number of halogens is 11. The van der Waals surface area contributed by atoms with Crippen LogP contribution in [0.5, 0.6) is 0 Å². The molecule has 0 aromatic carbocycles. The summed E-state index contributed by atoms with van der Waals surface area (Å²) in [5, 5.41) is 16.9. The zero-order chi connectivity index (χ0) is 18.9. The first-order chi connectivity index (χ1) is 9.95. The predicted octanol–water partition coefficient (Wildman–Crippen LogP) is 2.46. The molecule has 14 heteroatoms. The zero-order valence-corrected chi connectivity index (χ0v) is 10.7. The molecule has 0 aromatic heterocycles. The molecule has 3 nitrogen and oxygen atoms in total. The van der Waals surface area contributed by atoms with E-state index in [9.17, 15) is 48.3 Å². The molecule has 2 N–H and O–H groups in total. The van der Waals surface area contributed by atoms with Crippen LogP contribution in [-0.4, -0.2) is 66.0 Å². The van der Waals surface area contributed by atoms with Gasteiger partial charge in [-0.15, -0.1) is 0 Å². The summed E-state index contributed by atoms with van der Waals surface area (Å²) in [5.41, 5.74) is 0. The minimum atomic E-state index is -7.49. The van der Waals surface area contributed by atoms with Crippen molar-refractivity contribution in [3.63, 3.8) is 0 Å². The van der Waals surface area contributed by atoms with Gasteiger partial charge in [-0.25, -0.2) is 0 Å². The van der Waals surface area contributed by atoms with Crippen molar-refractivity contribution >= 4 is 0 Å². The zero-order valence-electron chi connectivity index (χ0n) is 10.7. The van der Waals surface area contributed by atoms with Crippen LogP contribution in [0.1, 0.15) is 0 Å². The van der Waals surface area contributed by atoms with Gasteiger partial charge in [0.25, 0.3) is 0 Å². The average molecular weight is 374 g/mol. The molecule has 0 amide bonds. The van der Waals surface area contributed by atoms with E-state index in [1.807, 2.05) is 0 Å². The van der Waals surface area contributed by atoms with Gasteiger partial charge in [0.15, 0.2) is 0 Å². The number of hydrogen-bond donors (Lipinski definition) is 2. The lowest BCUT2D eigenvalue weighted by atomic mass is 9.98. The lowest BCUT2D eigenvalue weighted by Gasteiger charge is -2.37. The summed E-state index contributed by atoms with van der Waals surface area (Å²) in [7, 11) is 0. The van der Waals surface area contributed by atoms with Gasteiger partial charge in [0.2, 0.25) is 0 Å². The SMILES string of the molecule is OCC(O)COCC(F)(F)C(F)(F)C(F)(F)C(F)(F)C(F)(F)F. The number of aliphatic hydroxyl groups is 2. The van der Waals surface area contributed by atoms with Gasteiger partial charge in [-0.2, -0.15) is 48.3 Å². The minimum Gasteiger partial charge on any atom is -0.394 e. The van der Waals surface area contributed by atoms with Crippen molar-refractivity contribution in [3.8, 4) is 0 Å². The Morgan fingerprint density at radius 1 is 0.739 bits per heavy atom. The van der Waals surface area contributed by atoms with Crippen LogP contribution in [0.2, 0.25) is 0 Å². The Morgan fingerprint density at radius 3 is 1.52 bits per heavy atom. The number of ether oxygens (including phenoxy) is 1. The first-order valence-corrected chi connectivity index (χ1v) is 5.40. The van der Waals surface area contributed by atoms with Crippen molar-refractivity contribution < 1.29 is 63.2 Å². The number of alkyl halides is 11. The molecule has 0 spiro atoms. The van der Waals surface area contributed by atoms with Crippen LogP contribution in [-0.2, 0) is 4.74 Å². The van der Waals surface area contributed by atoms with E-state index in [1.54, 1.807) is 0 Å². The van der Waals surface area contributed by atoms with Crippen molar-refractivity contribution in [2.45, 2.75) is 36.0 Å². The molecule has 23 heavy (non-hydrogen) atoms. The summed E-state index contributed by atoms with van der Waals surface area (Å²) < 4.78 is 141. The second-order valence-electron chi connectivity index (χ2n) is 4.28. The maximum Gasteiger partial charge on any atom is 0.460 e. The fraction of sp³-hybridized carbons (Fsp3) is 1.00. The molecule has 0 radical (unpaired) electrons. The van der Waals surface area contributed by atoms with Gasteiger partial charge in [0.1, 0.15) is 12.7 Å². The Morgan fingerprint density at radius 2 is 1.17 bits per heavy atom. The van der Waals surface area contributed by atoms with Gasteiger partial charge >= 0.3 is 29.9 Å². The van der Waals surface area contributed by atoms with Crippen LogP contribution in [0.4, 0.5) is 48.3 Å². The van der Waals surface area contributed by atoms with E-state index in [1.165, 1.54) is 0 Å². The van der Waals surface area contributed by atoms with E-state index in [0.717, 1.165) is 0 Å². The average Bonchev–Trinajstić information content (AvgIpc) is 2.36. The van der Waals surface area contributed by atoms with Gasteiger partial charge in [0, 0.05) is 0 Å².